The fourth-order valence-electron chi connectivity index (χ4n) is 3.37. The quantitative estimate of drug-likeness (QED) is 0.784. The fourth-order valence-corrected chi connectivity index (χ4v) is 4.09. The molecule has 1 aromatic carbocycles. The van der Waals surface area contributed by atoms with E-state index in [1.54, 1.807) is 0 Å². The van der Waals surface area contributed by atoms with Gasteiger partial charge in [0.1, 0.15) is 0 Å². The monoisotopic (exact) mass is 308 g/mol. The van der Waals surface area contributed by atoms with Crippen molar-refractivity contribution in [3.8, 4) is 0 Å². The Morgan fingerprint density at radius 1 is 1.28 bits per heavy atom. The summed E-state index contributed by atoms with van der Waals surface area (Å²) < 4.78 is 1.24. The lowest BCUT2D eigenvalue weighted by Gasteiger charge is -2.44. The van der Waals surface area contributed by atoms with E-state index in [2.05, 4.69) is 57.8 Å². The summed E-state index contributed by atoms with van der Waals surface area (Å²) in [5, 5.41) is 0. The molecule has 0 aromatic heterocycles. The number of hydrogen-bond acceptors (Lipinski definition) is 2. The summed E-state index contributed by atoms with van der Waals surface area (Å²) in [4.78, 5) is 5.25. The minimum Gasteiger partial charge on any atom is -0.365 e. The number of aryl methyl sites for hydroxylation is 1. The molecule has 0 radical (unpaired) electrons. The normalized spacial score (nSPS) is 28.5. The first-order chi connectivity index (χ1) is 8.65. The van der Waals surface area contributed by atoms with Crippen LogP contribution in [0.4, 0.5) is 5.69 Å². The van der Waals surface area contributed by atoms with Crippen molar-refractivity contribution >= 4 is 21.6 Å². The topological polar surface area (TPSA) is 6.48 Å². The largest absolute Gasteiger partial charge is 0.365 e. The number of piperazine rings is 1. The zero-order valence-corrected chi connectivity index (χ0v) is 12.8. The highest BCUT2D eigenvalue weighted by molar-refractivity contribution is 9.10. The molecule has 0 saturated carbocycles. The van der Waals surface area contributed by atoms with E-state index in [9.17, 15) is 0 Å². The molecule has 3 heteroatoms. The molecule has 2 unspecified atom stereocenters. The van der Waals surface area contributed by atoms with Crippen molar-refractivity contribution in [1.29, 1.82) is 0 Å². The fraction of sp³-hybridized carbons (Fsp3) is 0.600. The van der Waals surface area contributed by atoms with Gasteiger partial charge in [0.25, 0.3) is 0 Å². The summed E-state index contributed by atoms with van der Waals surface area (Å²) in [6.45, 7) is 8.19. The average molecular weight is 309 g/mol. The molecule has 0 bridgehead atoms. The van der Waals surface area contributed by atoms with Crippen molar-refractivity contribution in [3.05, 3.63) is 28.2 Å². The highest BCUT2D eigenvalue weighted by atomic mass is 79.9. The number of halogens is 1. The smallest absolute Gasteiger partial charge is 0.0514 e. The predicted octanol–water partition coefficient (Wildman–Crippen LogP) is 3.43. The van der Waals surface area contributed by atoms with E-state index in [1.165, 1.54) is 48.2 Å². The minimum absolute atomic E-state index is 0.610. The van der Waals surface area contributed by atoms with Crippen molar-refractivity contribution in [2.45, 2.75) is 38.8 Å². The van der Waals surface area contributed by atoms with Crippen LogP contribution >= 0.6 is 15.9 Å². The van der Waals surface area contributed by atoms with Gasteiger partial charge in [-0.15, -0.1) is 0 Å². The van der Waals surface area contributed by atoms with E-state index in [1.807, 2.05) is 0 Å². The van der Waals surface area contributed by atoms with Gasteiger partial charge in [-0.25, -0.2) is 0 Å². The summed E-state index contributed by atoms with van der Waals surface area (Å²) in [7, 11) is 0. The third kappa shape index (κ3) is 2.19. The first-order valence-corrected chi connectivity index (χ1v) is 7.71. The molecule has 2 nitrogen and oxygen atoms in total. The van der Waals surface area contributed by atoms with Crippen LogP contribution in [0.1, 0.15) is 25.3 Å². The molecule has 0 aliphatic carbocycles. The average Bonchev–Trinajstić information content (AvgIpc) is 2.75. The Bertz CT molecular complexity index is 446. The van der Waals surface area contributed by atoms with E-state index < -0.39 is 0 Å². The van der Waals surface area contributed by atoms with E-state index in [0.717, 1.165) is 6.04 Å². The van der Waals surface area contributed by atoms with Gasteiger partial charge in [-0.2, -0.15) is 0 Å². The maximum absolute atomic E-state index is 3.73. The SMILES string of the molecule is Cc1ccc(N2CC3CCCN3CC2C)c(Br)c1. The number of rotatable bonds is 1. The molecule has 98 valence electrons. The molecule has 2 saturated heterocycles. The molecule has 0 amide bonds. The van der Waals surface area contributed by atoms with Crippen LogP contribution in [0, 0.1) is 6.92 Å². The highest BCUT2D eigenvalue weighted by Gasteiger charge is 2.34. The Morgan fingerprint density at radius 2 is 2.11 bits per heavy atom. The summed E-state index contributed by atoms with van der Waals surface area (Å²) in [5.41, 5.74) is 2.68. The third-order valence-electron chi connectivity index (χ3n) is 4.35. The van der Waals surface area contributed by atoms with Crippen LogP contribution in [0.2, 0.25) is 0 Å². The molecule has 2 aliphatic rings. The van der Waals surface area contributed by atoms with Crippen molar-refractivity contribution in [2.75, 3.05) is 24.5 Å². The summed E-state index contributed by atoms with van der Waals surface area (Å²) in [5.74, 6) is 0. The van der Waals surface area contributed by atoms with E-state index in [4.69, 9.17) is 0 Å². The van der Waals surface area contributed by atoms with Gasteiger partial charge in [0.15, 0.2) is 0 Å². The van der Waals surface area contributed by atoms with Gasteiger partial charge < -0.3 is 4.90 Å². The molecule has 0 N–H and O–H groups in total. The Morgan fingerprint density at radius 3 is 2.89 bits per heavy atom. The van der Waals surface area contributed by atoms with E-state index in [0.29, 0.717) is 6.04 Å². The number of benzene rings is 1. The van der Waals surface area contributed by atoms with Crippen LogP contribution in [0.25, 0.3) is 0 Å². The molecule has 2 fully saturated rings. The zero-order chi connectivity index (χ0) is 12.7. The molecule has 18 heavy (non-hydrogen) atoms. The van der Waals surface area contributed by atoms with Crippen molar-refractivity contribution in [3.63, 3.8) is 0 Å². The standard InChI is InChI=1S/C15H21BrN2/c1-11-5-6-15(14(16)8-11)18-10-13-4-3-7-17(13)9-12(18)2/h5-6,8,12-13H,3-4,7,9-10H2,1-2H3. The first kappa shape index (κ1) is 12.5. The van der Waals surface area contributed by atoms with Crippen LogP contribution < -0.4 is 4.90 Å². The molecule has 3 rings (SSSR count). The number of hydrogen-bond donors (Lipinski definition) is 0. The van der Waals surface area contributed by atoms with E-state index in [-0.39, 0.29) is 0 Å². The Hall–Kier alpha value is -0.540. The minimum atomic E-state index is 0.610. The molecule has 2 atom stereocenters. The molecular formula is C15H21BrN2. The zero-order valence-electron chi connectivity index (χ0n) is 11.2. The van der Waals surface area contributed by atoms with Crippen molar-refractivity contribution in [1.82, 2.24) is 4.90 Å². The van der Waals surface area contributed by atoms with Crippen LogP contribution in [0.5, 0.6) is 0 Å². The first-order valence-electron chi connectivity index (χ1n) is 6.92. The Kier molecular flexibility index (Phi) is 3.37. The van der Waals surface area contributed by atoms with Gasteiger partial charge in [0.2, 0.25) is 0 Å². The molecular weight excluding hydrogens is 288 g/mol. The lowest BCUT2D eigenvalue weighted by Crippen LogP contribution is -2.55. The second-order valence-electron chi connectivity index (χ2n) is 5.75. The number of nitrogens with zero attached hydrogens (tertiary/aromatic N) is 2. The number of anilines is 1. The van der Waals surface area contributed by atoms with Crippen LogP contribution in [-0.4, -0.2) is 36.6 Å². The Balaban J connectivity index is 1.86. The molecule has 0 spiro atoms. The number of fused-ring (bicyclic) bond motifs is 1. The summed E-state index contributed by atoms with van der Waals surface area (Å²) in [6, 6.07) is 8.09. The molecule has 2 heterocycles. The van der Waals surface area contributed by atoms with Gasteiger partial charge in [0.05, 0.1) is 5.69 Å². The van der Waals surface area contributed by atoms with Gasteiger partial charge in [0, 0.05) is 29.6 Å². The second-order valence-corrected chi connectivity index (χ2v) is 6.60. The predicted molar refractivity (Wildman–Crippen MR) is 80.3 cm³/mol. The summed E-state index contributed by atoms with van der Waals surface area (Å²) in [6.07, 6.45) is 2.74. The second kappa shape index (κ2) is 4.86. The maximum Gasteiger partial charge on any atom is 0.0514 e. The lowest BCUT2D eigenvalue weighted by molar-refractivity contribution is 0.203. The maximum atomic E-state index is 3.73. The Labute approximate surface area is 118 Å². The van der Waals surface area contributed by atoms with Gasteiger partial charge in [-0.3, -0.25) is 4.90 Å². The van der Waals surface area contributed by atoms with Crippen LogP contribution in [0.3, 0.4) is 0 Å². The lowest BCUT2D eigenvalue weighted by atomic mass is 10.1. The summed E-state index contributed by atoms with van der Waals surface area (Å²) >= 11 is 3.73. The molecule has 1 aromatic rings. The van der Waals surface area contributed by atoms with Gasteiger partial charge >= 0.3 is 0 Å². The van der Waals surface area contributed by atoms with Crippen LogP contribution in [0.15, 0.2) is 22.7 Å². The van der Waals surface area contributed by atoms with Gasteiger partial charge in [-0.1, -0.05) is 6.07 Å². The van der Waals surface area contributed by atoms with E-state index >= 15 is 0 Å². The van der Waals surface area contributed by atoms with Crippen LogP contribution in [-0.2, 0) is 0 Å². The highest BCUT2D eigenvalue weighted by Crippen LogP contribution is 2.33. The van der Waals surface area contributed by atoms with Crippen molar-refractivity contribution in [2.24, 2.45) is 0 Å². The molecule has 2 aliphatic heterocycles. The third-order valence-corrected chi connectivity index (χ3v) is 4.99. The van der Waals surface area contributed by atoms with Crippen molar-refractivity contribution < 1.29 is 0 Å². The van der Waals surface area contributed by atoms with Gasteiger partial charge in [-0.05, 0) is 66.9 Å².